The third-order valence-electron chi connectivity index (χ3n) is 3.59. The van der Waals surface area contributed by atoms with Crippen LogP contribution in [0.2, 0.25) is 0 Å². The summed E-state index contributed by atoms with van der Waals surface area (Å²) in [5, 5.41) is 3.78. The highest BCUT2D eigenvalue weighted by molar-refractivity contribution is 5.02. The first-order chi connectivity index (χ1) is 7.13. The highest BCUT2D eigenvalue weighted by Crippen LogP contribution is 2.35. The van der Waals surface area contributed by atoms with Crippen LogP contribution in [0.25, 0.3) is 0 Å². The van der Waals surface area contributed by atoms with Crippen molar-refractivity contribution in [1.29, 1.82) is 0 Å². The van der Waals surface area contributed by atoms with E-state index in [9.17, 15) is 0 Å². The lowest BCUT2D eigenvalue weighted by Crippen LogP contribution is -2.64. The lowest BCUT2D eigenvalue weighted by atomic mass is 9.72. The molecule has 0 amide bonds. The SMILES string of the molecule is CC.CCCCC1(CC)CC(C(C)C)N1. The van der Waals surface area contributed by atoms with E-state index in [2.05, 4.69) is 33.0 Å². The molecule has 0 aromatic carbocycles. The Bertz CT molecular complexity index is 145. The lowest BCUT2D eigenvalue weighted by Gasteiger charge is -2.51. The Hall–Kier alpha value is -0.0400. The molecule has 0 aromatic rings. The summed E-state index contributed by atoms with van der Waals surface area (Å²) >= 11 is 0. The van der Waals surface area contributed by atoms with Crippen LogP contribution in [0.5, 0.6) is 0 Å². The van der Waals surface area contributed by atoms with Crippen molar-refractivity contribution >= 4 is 0 Å². The van der Waals surface area contributed by atoms with Crippen molar-refractivity contribution in [3.05, 3.63) is 0 Å². The second-order valence-electron chi connectivity index (χ2n) is 4.94. The van der Waals surface area contributed by atoms with E-state index in [1.165, 1.54) is 32.1 Å². The number of unbranched alkanes of at least 4 members (excludes halogenated alkanes) is 1. The summed E-state index contributed by atoms with van der Waals surface area (Å²) in [6.45, 7) is 13.2. The summed E-state index contributed by atoms with van der Waals surface area (Å²) in [7, 11) is 0. The highest BCUT2D eigenvalue weighted by Gasteiger charge is 2.42. The number of rotatable bonds is 5. The van der Waals surface area contributed by atoms with Crippen LogP contribution < -0.4 is 5.32 Å². The number of hydrogen-bond donors (Lipinski definition) is 1. The van der Waals surface area contributed by atoms with E-state index in [0.29, 0.717) is 5.54 Å². The fraction of sp³-hybridized carbons (Fsp3) is 1.00. The van der Waals surface area contributed by atoms with E-state index in [1.54, 1.807) is 0 Å². The van der Waals surface area contributed by atoms with Crippen LogP contribution >= 0.6 is 0 Å². The maximum Gasteiger partial charge on any atom is 0.0196 e. The first-order valence-corrected chi connectivity index (χ1v) is 6.91. The zero-order valence-corrected chi connectivity index (χ0v) is 11.7. The topological polar surface area (TPSA) is 12.0 Å². The molecule has 0 bridgehead atoms. The molecule has 15 heavy (non-hydrogen) atoms. The minimum Gasteiger partial charge on any atom is -0.308 e. The highest BCUT2D eigenvalue weighted by atomic mass is 15.1. The summed E-state index contributed by atoms with van der Waals surface area (Å²) in [5.41, 5.74) is 0.519. The standard InChI is InChI=1S/C12H25N.C2H6/c1-5-7-8-12(6-2)9-11(13-12)10(3)4;1-2/h10-11,13H,5-9H2,1-4H3;1-2H3. The van der Waals surface area contributed by atoms with Crippen LogP contribution in [0.4, 0.5) is 0 Å². The maximum atomic E-state index is 3.78. The molecule has 0 radical (unpaired) electrons. The van der Waals surface area contributed by atoms with Gasteiger partial charge in [0.05, 0.1) is 0 Å². The third kappa shape index (κ3) is 4.14. The maximum absolute atomic E-state index is 3.78. The van der Waals surface area contributed by atoms with Gasteiger partial charge in [0.1, 0.15) is 0 Å². The van der Waals surface area contributed by atoms with Crippen LogP contribution in [0.15, 0.2) is 0 Å². The zero-order valence-electron chi connectivity index (χ0n) is 11.7. The van der Waals surface area contributed by atoms with Crippen LogP contribution in [0.1, 0.15) is 73.6 Å². The predicted molar refractivity (Wildman–Crippen MR) is 70.3 cm³/mol. The molecular formula is C14H31N. The molecule has 1 nitrogen and oxygen atoms in total. The van der Waals surface area contributed by atoms with Gasteiger partial charge in [-0.1, -0.05) is 54.4 Å². The molecule has 2 atom stereocenters. The van der Waals surface area contributed by atoms with Gasteiger partial charge in [-0.15, -0.1) is 0 Å². The van der Waals surface area contributed by atoms with Crippen LogP contribution in [-0.4, -0.2) is 11.6 Å². The van der Waals surface area contributed by atoms with Crippen molar-refractivity contribution in [2.24, 2.45) is 5.92 Å². The fourth-order valence-electron chi connectivity index (χ4n) is 2.31. The average Bonchev–Trinajstić information content (AvgIpc) is 2.19. The summed E-state index contributed by atoms with van der Waals surface area (Å²) in [6, 6.07) is 0.789. The summed E-state index contributed by atoms with van der Waals surface area (Å²) in [5.74, 6) is 0.807. The van der Waals surface area contributed by atoms with Gasteiger partial charge >= 0.3 is 0 Å². The van der Waals surface area contributed by atoms with Crippen molar-refractivity contribution in [2.45, 2.75) is 85.2 Å². The van der Waals surface area contributed by atoms with Gasteiger partial charge in [0.25, 0.3) is 0 Å². The summed E-state index contributed by atoms with van der Waals surface area (Å²) in [6.07, 6.45) is 6.79. The van der Waals surface area contributed by atoms with E-state index in [1.807, 2.05) is 13.8 Å². The summed E-state index contributed by atoms with van der Waals surface area (Å²) < 4.78 is 0. The Labute approximate surface area is 97.0 Å². The van der Waals surface area contributed by atoms with Crippen LogP contribution in [0, 0.1) is 5.92 Å². The van der Waals surface area contributed by atoms with Crippen molar-refractivity contribution in [3.63, 3.8) is 0 Å². The second-order valence-corrected chi connectivity index (χ2v) is 4.94. The van der Waals surface area contributed by atoms with E-state index >= 15 is 0 Å². The minimum absolute atomic E-state index is 0.519. The molecule has 1 N–H and O–H groups in total. The molecule has 1 saturated heterocycles. The molecule has 0 aromatic heterocycles. The predicted octanol–water partition coefficient (Wildman–Crippen LogP) is 4.37. The molecule has 2 unspecified atom stereocenters. The van der Waals surface area contributed by atoms with Crippen molar-refractivity contribution in [1.82, 2.24) is 5.32 Å². The van der Waals surface area contributed by atoms with E-state index in [-0.39, 0.29) is 0 Å². The van der Waals surface area contributed by atoms with Gasteiger partial charge < -0.3 is 5.32 Å². The molecule has 1 rings (SSSR count). The second kappa shape index (κ2) is 7.27. The molecule has 1 aliphatic heterocycles. The first-order valence-electron chi connectivity index (χ1n) is 6.91. The van der Waals surface area contributed by atoms with Gasteiger partial charge in [-0.3, -0.25) is 0 Å². The smallest absolute Gasteiger partial charge is 0.0196 e. The molecule has 92 valence electrons. The van der Waals surface area contributed by atoms with Gasteiger partial charge in [0.15, 0.2) is 0 Å². The largest absolute Gasteiger partial charge is 0.308 e. The molecule has 1 heterocycles. The number of nitrogens with one attached hydrogen (secondary N) is 1. The molecular weight excluding hydrogens is 182 g/mol. The Balaban J connectivity index is 0.000000921. The van der Waals surface area contributed by atoms with Crippen molar-refractivity contribution in [2.75, 3.05) is 0 Å². The number of hydrogen-bond acceptors (Lipinski definition) is 1. The van der Waals surface area contributed by atoms with Gasteiger partial charge in [-0.25, -0.2) is 0 Å². The zero-order chi connectivity index (χ0) is 11.9. The molecule has 0 aliphatic carbocycles. The van der Waals surface area contributed by atoms with Crippen molar-refractivity contribution in [3.8, 4) is 0 Å². The van der Waals surface area contributed by atoms with Crippen LogP contribution in [-0.2, 0) is 0 Å². The Morgan fingerprint density at radius 1 is 1.27 bits per heavy atom. The Morgan fingerprint density at radius 2 is 1.80 bits per heavy atom. The normalized spacial score (nSPS) is 29.4. The first kappa shape index (κ1) is 15.0. The average molecular weight is 213 g/mol. The molecule has 1 aliphatic rings. The molecule has 0 saturated carbocycles. The third-order valence-corrected chi connectivity index (χ3v) is 3.59. The van der Waals surface area contributed by atoms with Crippen molar-refractivity contribution < 1.29 is 0 Å². The molecule has 1 fully saturated rings. The monoisotopic (exact) mass is 213 g/mol. The van der Waals surface area contributed by atoms with Gasteiger partial charge in [-0.05, 0) is 25.2 Å². The Morgan fingerprint density at radius 3 is 2.13 bits per heavy atom. The van der Waals surface area contributed by atoms with Gasteiger partial charge in [0, 0.05) is 11.6 Å². The van der Waals surface area contributed by atoms with E-state index < -0.39 is 0 Å². The minimum atomic E-state index is 0.519. The quantitative estimate of drug-likeness (QED) is 0.715. The fourth-order valence-corrected chi connectivity index (χ4v) is 2.31. The van der Waals surface area contributed by atoms with Gasteiger partial charge in [0.2, 0.25) is 0 Å². The van der Waals surface area contributed by atoms with Crippen LogP contribution in [0.3, 0.4) is 0 Å². The molecule has 0 spiro atoms. The molecule has 1 heteroatoms. The van der Waals surface area contributed by atoms with E-state index in [4.69, 9.17) is 0 Å². The van der Waals surface area contributed by atoms with E-state index in [0.717, 1.165) is 12.0 Å². The van der Waals surface area contributed by atoms with Gasteiger partial charge in [-0.2, -0.15) is 0 Å². The Kier molecular flexibility index (Phi) is 7.25. The summed E-state index contributed by atoms with van der Waals surface area (Å²) in [4.78, 5) is 0. The lowest BCUT2D eigenvalue weighted by molar-refractivity contribution is 0.0867.